The molecule has 0 saturated carbocycles. The van der Waals surface area contributed by atoms with E-state index in [4.69, 9.17) is 16.2 Å². The molecule has 0 aliphatic carbocycles. The lowest BCUT2D eigenvalue weighted by molar-refractivity contribution is 0.0270. The summed E-state index contributed by atoms with van der Waals surface area (Å²) in [6, 6.07) is 7.95. The van der Waals surface area contributed by atoms with Crippen molar-refractivity contribution in [1.82, 2.24) is 39.4 Å². The van der Waals surface area contributed by atoms with Crippen LogP contribution in [0, 0.1) is 0 Å². The first kappa shape index (κ1) is 28.8. The third kappa shape index (κ3) is 6.52. The van der Waals surface area contributed by atoms with Crippen LogP contribution in [-0.2, 0) is 4.74 Å². The van der Waals surface area contributed by atoms with Crippen LogP contribution >= 0.6 is 12.4 Å². The molecule has 212 valence electrons. The van der Waals surface area contributed by atoms with Gasteiger partial charge < -0.3 is 26.4 Å². The van der Waals surface area contributed by atoms with E-state index in [9.17, 15) is 4.79 Å². The Morgan fingerprint density at radius 1 is 0.925 bits per heavy atom. The number of fused-ring (bicyclic) bond motifs is 2. The summed E-state index contributed by atoms with van der Waals surface area (Å²) in [5.41, 5.74) is 17.0. The highest BCUT2D eigenvalue weighted by atomic mass is 35.5. The maximum absolute atomic E-state index is 12.1. The van der Waals surface area contributed by atoms with Gasteiger partial charge in [-0.15, -0.1) is 22.6 Å². The number of amides is 1. The Balaban J connectivity index is 0.000000191. The number of carbonyl (C=O) groups is 1. The number of ether oxygens (including phenoxy) is 1. The van der Waals surface area contributed by atoms with Crippen molar-refractivity contribution in [1.29, 1.82) is 0 Å². The van der Waals surface area contributed by atoms with E-state index in [2.05, 4.69) is 37.6 Å². The zero-order chi connectivity index (χ0) is 27.6. The number of halogens is 1. The van der Waals surface area contributed by atoms with Gasteiger partial charge in [0.05, 0.1) is 0 Å². The Hall–Kier alpha value is -4.16. The summed E-state index contributed by atoms with van der Waals surface area (Å²) in [4.78, 5) is 22.3. The number of hydrogen-bond acceptors (Lipinski definition) is 9. The maximum Gasteiger partial charge on any atom is 0.410 e. The van der Waals surface area contributed by atoms with E-state index < -0.39 is 5.60 Å². The Kier molecular flexibility index (Phi) is 8.60. The van der Waals surface area contributed by atoms with E-state index in [-0.39, 0.29) is 24.4 Å². The highest BCUT2D eigenvalue weighted by Crippen LogP contribution is 2.26. The van der Waals surface area contributed by atoms with E-state index in [0.717, 1.165) is 53.9 Å². The zero-order valence-corrected chi connectivity index (χ0v) is 23.7. The number of hydrogen-bond donors (Lipinski definition) is 3. The molecule has 0 atom stereocenters. The molecule has 13 heteroatoms. The van der Waals surface area contributed by atoms with Crippen LogP contribution < -0.4 is 16.8 Å². The molecule has 0 bridgehead atoms. The summed E-state index contributed by atoms with van der Waals surface area (Å²) in [5.74, 6) is 0.575. The van der Waals surface area contributed by atoms with Crippen molar-refractivity contribution < 1.29 is 9.53 Å². The Morgan fingerprint density at radius 3 is 1.98 bits per heavy atom. The fourth-order valence-electron chi connectivity index (χ4n) is 4.62. The van der Waals surface area contributed by atoms with Gasteiger partial charge in [-0.25, -0.2) is 13.8 Å². The summed E-state index contributed by atoms with van der Waals surface area (Å²) >= 11 is 0. The molecule has 6 rings (SSSR count). The molecule has 2 aliphatic rings. The van der Waals surface area contributed by atoms with E-state index in [0.29, 0.717) is 19.0 Å². The minimum absolute atomic E-state index is 0. The maximum atomic E-state index is 12.1. The number of aromatic nitrogens is 6. The number of nitrogens with one attached hydrogen (secondary N) is 1. The number of rotatable bonds is 2. The topological polar surface area (TPSA) is 154 Å². The van der Waals surface area contributed by atoms with E-state index >= 15 is 0 Å². The molecular formula is C27H35ClN10O2. The summed E-state index contributed by atoms with van der Waals surface area (Å²) in [7, 11) is 0. The lowest BCUT2D eigenvalue weighted by atomic mass is 10.0. The summed E-state index contributed by atoms with van der Waals surface area (Å²) in [5, 5.41) is 11.5. The lowest BCUT2D eigenvalue weighted by Gasteiger charge is -2.29. The Labute approximate surface area is 238 Å². The predicted molar refractivity (Wildman–Crippen MR) is 158 cm³/mol. The SMILES string of the molecule is CC(C)(C)OC(=O)N1CC=C(c2cccn3nc(N)nc23)CC1.Cl.Nc1nc2c(C3=CCNCC3)cccn2n1. The fraction of sp³-hybridized carbons (Fsp3) is 0.370. The fourth-order valence-corrected chi connectivity index (χ4v) is 4.62. The van der Waals surface area contributed by atoms with Crippen LogP contribution in [0.4, 0.5) is 16.7 Å². The molecule has 12 nitrogen and oxygen atoms in total. The number of nitrogens with two attached hydrogens (primary N) is 2. The van der Waals surface area contributed by atoms with Gasteiger partial charge in [0.15, 0.2) is 11.3 Å². The first-order chi connectivity index (χ1) is 18.7. The van der Waals surface area contributed by atoms with Crippen LogP contribution in [0.2, 0.25) is 0 Å². The highest BCUT2D eigenvalue weighted by Gasteiger charge is 2.24. The first-order valence-corrected chi connectivity index (χ1v) is 13.0. The molecule has 0 radical (unpaired) electrons. The summed E-state index contributed by atoms with van der Waals surface area (Å²) in [6.45, 7) is 8.67. The second-order valence-corrected chi connectivity index (χ2v) is 10.4. The van der Waals surface area contributed by atoms with Gasteiger partial charge in [-0.1, -0.05) is 12.2 Å². The molecule has 0 aromatic carbocycles. The van der Waals surface area contributed by atoms with E-state index in [1.165, 1.54) is 5.57 Å². The first-order valence-electron chi connectivity index (χ1n) is 13.0. The number of anilines is 2. The third-order valence-corrected chi connectivity index (χ3v) is 6.37. The molecule has 4 aromatic heterocycles. The van der Waals surface area contributed by atoms with Gasteiger partial charge >= 0.3 is 6.09 Å². The third-order valence-electron chi connectivity index (χ3n) is 6.37. The van der Waals surface area contributed by atoms with E-state index in [1.54, 1.807) is 13.9 Å². The molecule has 4 aromatic rings. The normalized spacial score (nSPS) is 15.5. The minimum Gasteiger partial charge on any atom is -0.444 e. The van der Waals surface area contributed by atoms with Crippen molar-refractivity contribution in [3.8, 4) is 0 Å². The molecule has 0 unspecified atom stereocenters. The van der Waals surface area contributed by atoms with Crippen molar-refractivity contribution in [3.63, 3.8) is 0 Å². The summed E-state index contributed by atoms with van der Waals surface area (Å²) in [6.07, 6.45) is 9.40. The monoisotopic (exact) mass is 566 g/mol. The van der Waals surface area contributed by atoms with Crippen molar-refractivity contribution in [2.75, 3.05) is 37.6 Å². The predicted octanol–water partition coefficient (Wildman–Crippen LogP) is 3.45. The second-order valence-electron chi connectivity index (χ2n) is 10.4. The molecule has 5 N–H and O–H groups in total. The van der Waals surface area contributed by atoms with Crippen molar-refractivity contribution in [2.24, 2.45) is 0 Å². The molecule has 0 saturated heterocycles. The van der Waals surface area contributed by atoms with Crippen molar-refractivity contribution in [3.05, 3.63) is 59.9 Å². The number of nitrogens with zero attached hydrogens (tertiary/aromatic N) is 7. The van der Waals surface area contributed by atoms with Crippen LogP contribution in [0.1, 0.15) is 44.7 Å². The van der Waals surface area contributed by atoms with Crippen molar-refractivity contribution >= 4 is 52.8 Å². The largest absolute Gasteiger partial charge is 0.444 e. The van der Waals surface area contributed by atoms with Crippen LogP contribution in [0.3, 0.4) is 0 Å². The average molecular weight is 567 g/mol. The molecule has 40 heavy (non-hydrogen) atoms. The van der Waals surface area contributed by atoms with Crippen molar-refractivity contribution in [2.45, 2.75) is 39.2 Å². The quantitative estimate of drug-likeness (QED) is 0.331. The van der Waals surface area contributed by atoms with Gasteiger partial charge in [0, 0.05) is 43.2 Å². The average Bonchev–Trinajstić information content (AvgIpc) is 3.49. The highest BCUT2D eigenvalue weighted by molar-refractivity contribution is 5.85. The van der Waals surface area contributed by atoms with E-state index in [1.807, 2.05) is 57.4 Å². The molecule has 0 spiro atoms. The molecule has 6 heterocycles. The number of pyridine rings is 2. The zero-order valence-electron chi connectivity index (χ0n) is 22.9. The van der Waals surface area contributed by atoms with Gasteiger partial charge in [-0.05, 0) is 75.6 Å². The van der Waals surface area contributed by atoms with Crippen LogP contribution in [-0.4, -0.2) is 72.0 Å². The Bertz CT molecular complexity index is 1570. The smallest absolute Gasteiger partial charge is 0.410 e. The number of nitrogen functional groups attached to an aromatic ring is 2. The van der Waals surface area contributed by atoms with Crippen LogP contribution in [0.5, 0.6) is 0 Å². The van der Waals surface area contributed by atoms with Crippen LogP contribution in [0.25, 0.3) is 22.4 Å². The summed E-state index contributed by atoms with van der Waals surface area (Å²) < 4.78 is 8.81. The minimum atomic E-state index is -0.480. The van der Waals surface area contributed by atoms with Gasteiger partial charge in [0.25, 0.3) is 0 Å². The molecule has 2 aliphatic heterocycles. The van der Waals surface area contributed by atoms with Crippen LogP contribution in [0.15, 0.2) is 48.8 Å². The van der Waals surface area contributed by atoms with Gasteiger partial charge in [0.2, 0.25) is 11.9 Å². The van der Waals surface area contributed by atoms with Gasteiger partial charge in [-0.2, -0.15) is 9.97 Å². The second kappa shape index (κ2) is 11.9. The molecule has 1 amide bonds. The number of carbonyl (C=O) groups excluding carboxylic acids is 1. The van der Waals surface area contributed by atoms with Gasteiger partial charge in [-0.3, -0.25) is 0 Å². The standard InChI is InChI=1S/C16H21N5O2.C11H13N5.ClH/c1-16(2,3)23-15(22)20-9-6-11(7-10-20)12-5-4-8-21-13(12)18-14(17)19-21;12-11-14-10-9(2-1-7-16(10)15-11)8-3-5-13-6-4-8;/h4-6,8H,7,9-10H2,1-3H3,(H2,17,19);1-3,7,13H,4-6H2,(H2,12,15);1H. The van der Waals surface area contributed by atoms with Gasteiger partial charge in [0.1, 0.15) is 5.60 Å². The lowest BCUT2D eigenvalue weighted by Crippen LogP contribution is -2.39. The molecule has 0 fully saturated rings. The Morgan fingerprint density at radius 2 is 1.50 bits per heavy atom. The molecular weight excluding hydrogens is 532 g/mol.